The minimum atomic E-state index is 0.0120. The number of thiazole rings is 1. The highest BCUT2D eigenvalue weighted by molar-refractivity contribution is 7.18. The first-order valence-corrected chi connectivity index (χ1v) is 9.87. The number of benzene rings is 2. The van der Waals surface area contributed by atoms with E-state index >= 15 is 0 Å². The van der Waals surface area contributed by atoms with Gasteiger partial charge in [0.05, 0.1) is 29.4 Å². The van der Waals surface area contributed by atoms with Crippen LogP contribution in [-0.4, -0.2) is 43.1 Å². The van der Waals surface area contributed by atoms with E-state index in [1.165, 1.54) is 4.70 Å². The van der Waals surface area contributed by atoms with Gasteiger partial charge in [-0.2, -0.15) is 0 Å². The molecule has 2 aromatic carbocycles. The normalized spacial score (nSPS) is 17.1. The largest absolute Gasteiger partial charge is 0.497 e. The quantitative estimate of drug-likeness (QED) is 0.674. The van der Waals surface area contributed by atoms with E-state index in [1.807, 2.05) is 23.1 Å². The zero-order chi connectivity index (χ0) is 18.8. The lowest BCUT2D eigenvalue weighted by molar-refractivity contribution is 0.0706. The maximum absolute atomic E-state index is 13.1. The number of piperidine rings is 1. The van der Waals surface area contributed by atoms with Crippen molar-refractivity contribution in [3.05, 3.63) is 53.0 Å². The van der Waals surface area contributed by atoms with Gasteiger partial charge in [0, 0.05) is 30.6 Å². The number of para-hydroxylation sites is 1. The molecular formula is C21H22N2O3S. The molecule has 1 fully saturated rings. The molecule has 0 saturated carbocycles. The molecule has 4 rings (SSSR count). The van der Waals surface area contributed by atoms with Crippen molar-refractivity contribution in [1.82, 2.24) is 9.88 Å². The summed E-state index contributed by atoms with van der Waals surface area (Å²) in [5, 5.41) is 1.12. The molecule has 1 amide bonds. The minimum Gasteiger partial charge on any atom is -0.497 e. The van der Waals surface area contributed by atoms with Crippen molar-refractivity contribution >= 4 is 27.5 Å². The van der Waals surface area contributed by atoms with E-state index in [1.54, 1.807) is 43.8 Å². The summed E-state index contributed by atoms with van der Waals surface area (Å²) in [6, 6.07) is 13.5. The number of hydrogen-bond acceptors (Lipinski definition) is 5. The van der Waals surface area contributed by atoms with Crippen LogP contribution >= 0.6 is 11.3 Å². The fourth-order valence-electron chi connectivity index (χ4n) is 3.54. The average molecular weight is 382 g/mol. The Morgan fingerprint density at radius 3 is 2.59 bits per heavy atom. The van der Waals surface area contributed by atoms with E-state index in [-0.39, 0.29) is 11.8 Å². The smallest absolute Gasteiger partial charge is 0.254 e. The van der Waals surface area contributed by atoms with E-state index in [0.29, 0.717) is 23.6 Å². The molecule has 3 aromatic rings. The number of likely N-dealkylation sites (tertiary alicyclic amines) is 1. The van der Waals surface area contributed by atoms with Crippen LogP contribution in [0, 0.1) is 0 Å². The summed E-state index contributed by atoms with van der Waals surface area (Å²) in [5.41, 5.74) is 1.63. The van der Waals surface area contributed by atoms with Crippen LogP contribution in [0.15, 0.2) is 42.5 Å². The summed E-state index contributed by atoms with van der Waals surface area (Å²) in [5.74, 6) is 1.54. The van der Waals surface area contributed by atoms with Crippen LogP contribution in [0.5, 0.6) is 11.5 Å². The van der Waals surface area contributed by atoms with Crippen molar-refractivity contribution in [1.29, 1.82) is 0 Å². The molecule has 1 atom stereocenters. The Balaban J connectivity index is 1.56. The van der Waals surface area contributed by atoms with E-state index in [2.05, 4.69) is 6.07 Å². The SMILES string of the molecule is COc1cc(OC)cc(C(=O)N2CCC[C@H](c3nc4ccccc4s3)C2)c1. The van der Waals surface area contributed by atoms with Crippen molar-refractivity contribution < 1.29 is 14.3 Å². The molecule has 1 aliphatic heterocycles. The first-order valence-electron chi connectivity index (χ1n) is 9.05. The van der Waals surface area contributed by atoms with Crippen molar-refractivity contribution in [2.24, 2.45) is 0 Å². The summed E-state index contributed by atoms with van der Waals surface area (Å²) >= 11 is 1.74. The maximum atomic E-state index is 13.1. The Morgan fingerprint density at radius 2 is 1.89 bits per heavy atom. The summed E-state index contributed by atoms with van der Waals surface area (Å²) < 4.78 is 11.8. The second-order valence-corrected chi connectivity index (χ2v) is 7.77. The fraction of sp³-hybridized carbons (Fsp3) is 0.333. The van der Waals surface area contributed by atoms with Crippen LogP contribution in [-0.2, 0) is 0 Å². The molecule has 0 aliphatic carbocycles. The summed E-state index contributed by atoms with van der Waals surface area (Å²) in [6.45, 7) is 1.46. The predicted octanol–water partition coefficient (Wildman–Crippen LogP) is 4.33. The molecule has 5 nitrogen and oxygen atoms in total. The Kier molecular flexibility index (Phi) is 4.99. The molecule has 140 valence electrons. The third-order valence-corrected chi connectivity index (χ3v) is 6.17. The van der Waals surface area contributed by atoms with Crippen LogP contribution in [0.25, 0.3) is 10.2 Å². The number of nitrogens with zero attached hydrogens (tertiary/aromatic N) is 2. The van der Waals surface area contributed by atoms with Gasteiger partial charge in [0.2, 0.25) is 0 Å². The number of carbonyl (C=O) groups is 1. The van der Waals surface area contributed by atoms with Gasteiger partial charge in [-0.3, -0.25) is 4.79 Å². The number of ether oxygens (including phenoxy) is 2. The molecule has 0 spiro atoms. The summed E-state index contributed by atoms with van der Waals surface area (Å²) in [4.78, 5) is 19.8. The van der Waals surface area contributed by atoms with Gasteiger partial charge in [-0.15, -0.1) is 11.3 Å². The highest BCUT2D eigenvalue weighted by atomic mass is 32.1. The van der Waals surface area contributed by atoms with Gasteiger partial charge in [-0.25, -0.2) is 4.98 Å². The molecule has 0 radical (unpaired) electrons. The van der Waals surface area contributed by atoms with E-state index < -0.39 is 0 Å². The van der Waals surface area contributed by atoms with Gasteiger partial charge in [0.15, 0.2) is 0 Å². The number of rotatable bonds is 4. The molecule has 0 N–H and O–H groups in total. The number of aromatic nitrogens is 1. The Morgan fingerprint density at radius 1 is 1.15 bits per heavy atom. The third kappa shape index (κ3) is 3.62. The molecule has 1 aliphatic rings. The van der Waals surface area contributed by atoms with E-state index in [0.717, 1.165) is 29.9 Å². The van der Waals surface area contributed by atoms with Gasteiger partial charge in [0.25, 0.3) is 5.91 Å². The van der Waals surface area contributed by atoms with Crippen molar-refractivity contribution in [2.75, 3.05) is 27.3 Å². The molecule has 2 heterocycles. The number of methoxy groups -OCH3 is 2. The number of hydrogen-bond donors (Lipinski definition) is 0. The molecule has 0 unspecified atom stereocenters. The third-order valence-electron chi connectivity index (χ3n) is 4.97. The zero-order valence-corrected chi connectivity index (χ0v) is 16.3. The average Bonchev–Trinajstić information content (AvgIpc) is 3.17. The minimum absolute atomic E-state index is 0.0120. The van der Waals surface area contributed by atoms with Gasteiger partial charge in [-0.1, -0.05) is 12.1 Å². The van der Waals surface area contributed by atoms with Crippen LogP contribution in [0.4, 0.5) is 0 Å². The Bertz CT molecular complexity index is 914. The monoisotopic (exact) mass is 382 g/mol. The highest BCUT2D eigenvalue weighted by Gasteiger charge is 2.28. The first-order chi connectivity index (χ1) is 13.2. The second kappa shape index (κ2) is 7.56. The summed E-state index contributed by atoms with van der Waals surface area (Å²) in [6.07, 6.45) is 2.04. The highest BCUT2D eigenvalue weighted by Crippen LogP contribution is 2.34. The topological polar surface area (TPSA) is 51.7 Å². The molecular weight excluding hydrogens is 360 g/mol. The van der Waals surface area contributed by atoms with Gasteiger partial charge in [0.1, 0.15) is 11.5 Å². The standard InChI is InChI=1S/C21H22N2O3S/c1-25-16-10-15(11-17(12-16)26-2)21(24)23-9-5-6-14(13-23)20-22-18-7-3-4-8-19(18)27-20/h3-4,7-8,10-12,14H,5-6,9,13H2,1-2H3/t14-/m0/s1. The molecule has 1 aromatic heterocycles. The van der Waals surface area contributed by atoms with Crippen LogP contribution < -0.4 is 9.47 Å². The second-order valence-electron chi connectivity index (χ2n) is 6.71. The zero-order valence-electron chi connectivity index (χ0n) is 15.5. The lowest BCUT2D eigenvalue weighted by Crippen LogP contribution is -2.39. The van der Waals surface area contributed by atoms with Crippen molar-refractivity contribution in [3.63, 3.8) is 0 Å². The lowest BCUT2D eigenvalue weighted by Gasteiger charge is -2.32. The van der Waals surface area contributed by atoms with Crippen molar-refractivity contribution in [3.8, 4) is 11.5 Å². The number of amides is 1. The molecule has 0 bridgehead atoms. The molecule has 1 saturated heterocycles. The van der Waals surface area contributed by atoms with E-state index in [9.17, 15) is 4.79 Å². The molecule has 27 heavy (non-hydrogen) atoms. The van der Waals surface area contributed by atoms with Crippen LogP contribution in [0.2, 0.25) is 0 Å². The van der Waals surface area contributed by atoms with Gasteiger partial charge >= 0.3 is 0 Å². The first kappa shape index (κ1) is 17.8. The predicted molar refractivity (Wildman–Crippen MR) is 107 cm³/mol. The number of fused-ring (bicyclic) bond motifs is 1. The van der Waals surface area contributed by atoms with Crippen LogP contribution in [0.3, 0.4) is 0 Å². The van der Waals surface area contributed by atoms with Gasteiger partial charge in [-0.05, 0) is 37.1 Å². The van der Waals surface area contributed by atoms with E-state index in [4.69, 9.17) is 14.5 Å². The van der Waals surface area contributed by atoms with Crippen LogP contribution in [0.1, 0.15) is 34.1 Å². The lowest BCUT2D eigenvalue weighted by atomic mass is 9.98. The maximum Gasteiger partial charge on any atom is 0.254 e. The van der Waals surface area contributed by atoms with Gasteiger partial charge < -0.3 is 14.4 Å². The summed E-state index contributed by atoms with van der Waals surface area (Å²) in [7, 11) is 3.18. The molecule has 6 heteroatoms. The Labute approximate surface area is 162 Å². The Hall–Kier alpha value is -2.60. The fourth-order valence-corrected chi connectivity index (χ4v) is 4.63. The van der Waals surface area contributed by atoms with Crippen molar-refractivity contribution in [2.45, 2.75) is 18.8 Å². The number of carbonyl (C=O) groups excluding carboxylic acids is 1.